The molecule has 17 heavy (non-hydrogen) atoms. The van der Waals surface area contributed by atoms with Crippen LogP contribution in [-0.2, 0) is 11.3 Å². The van der Waals surface area contributed by atoms with Crippen molar-refractivity contribution < 1.29 is 4.74 Å². The van der Waals surface area contributed by atoms with Gasteiger partial charge in [-0.05, 0) is 24.7 Å². The molecular weight excluding hydrogens is 230 g/mol. The normalized spacial score (nSPS) is 24.6. The predicted molar refractivity (Wildman–Crippen MR) is 75.7 cm³/mol. The molecule has 1 aliphatic rings. The Balaban J connectivity index is 2.06. The molecule has 1 aliphatic heterocycles. The van der Waals surface area contributed by atoms with E-state index in [1.165, 1.54) is 29.8 Å². The first kappa shape index (κ1) is 12.8. The smallest absolute Gasteiger partial charge is 0.0733 e. The third kappa shape index (κ3) is 3.39. The van der Waals surface area contributed by atoms with Crippen LogP contribution in [0.1, 0.15) is 25.3 Å². The van der Waals surface area contributed by atoms with Crippen LogP contribution in [0, 0.1) is 0 Å². The molecule has 0 saturated carbocycles. The minimum Gasteiger partial charge on any atom is -0.381 e. The van der Waals surface area contributed by atoms with Gasteiger partial charge in [0.05, 0.1) is 6.61 Å². The summed E-state index contributed by atoms with van der Waals surface area (Å²) in [6.07, 6.45) is 2.59. The highest BCUT2D eigenvalue weighted by molar-refractivity contribution is 8.00. The molecule has 1 saturated heterocycles. The first-order valence-electron chi connectivity index (χ1n) is 6.26. The molecule has 3 heteroatoms. The summed E-state index contributed by atoms with van der Waals surface area (Å²) in [7, 11) is 1.75. The molecule has 1 heterocycles. The van der Waals surface area contributed by atoms with Crippen molar-refractivity contribution in [3.05, 3.63) is 29.8 Å². The van der Waals surface area contributed by atoms with Crippen molar-refractivity contribution in [2.24, 2.45) is 0 Å². The van der Waals surface area contributed by atoms with Crippen molar-refractivity contribution in [3.8, 4) is 0 Å². The predicted octanol–water partition coefficient (Wildman–Crippen LogP) is 3.53. The number of methoxy groups -OCH3 is 1. The van der Waals surface area contributed by atoms with Gasteiger partial charge in [-0.1, -0.05) is 25.1 Å². The number of para-hydroxylation sites is 1. The Morgan fingerprint density at radius 1 is 1.41 bits per heavy atom. The van der Waals surface area contributed by atoms with E-state index in [0.717, 1.165) is 0 Å². The summed E-state index contributed by atoms with van der Waals surface area (Å²) in [5.74, 6) is 1.30. The van der Waals surface area contributed by atoms with Gasteiger partial charge in [0.15, 0.2) is 0 Å². The molecule has 1 N–H and O–H groups in total. The Kier molecular flexibility index (Phi) is 4.75. The van der Waals surface area contributed by atoms with Gasteiger partial charge < -0.3 is 10.1 Å². The minimum atomic E-state index is 0.590. The molecule has 2 unspecified atom stereocenters. The topological polar surface area (TPSA) is 21.3 Å². The van der Waals surface area contributed by atoms with Crippen molar-refractivity contribution in [2.45, 2.75) is 37.7 Å². The van der Waals surface area contributed by atoms with E-state index in [9.17, 15) is 0 Å². The van der Waals surface area contributed by atoms with Crippen LogP contribution >= 0.6 is 11.8 Å². The number of ether oxygens (including phenoxy) is 1. The van der Waals surface area contributed by atoms with Crippen LogP contribution in [0.15, 0.2) is 24.3 Å². The molecule has 0 aromatic heterocycles. The van der Waals surface area contributed by atoms with Gasteiger partial charge in [-0.15, -0.1) is 0 Å². The van der Waals surface area contributed by atoms with Gasteiger partial charge in [0.1, 0.15) is 0 Å². The Morgan fingerprint density at radius 2 is 2.24 bits per heavy atom. The molecule has 2 atom stereocenters. The van der Waals surface area contributed by atoms with E-state index in [1.54, 1.807) is 7.11 Å². The van der Waals surface area contributed by atoms with Crippen LogP contribution in [0.25, 0.3) is 0 Å². The average molecular weight is 251 g/mol. The largest absolute Gasteiger partial charge is 0.381 e. The highest BCUT2D eigenvalue weighted by Gasteiger charge is 2.21. The molecule has 0 spiro atoms. The SMILES string of the molecule is COCc1ccccc1NC1CCCSC1C. The van der Waals surface area contributed by atoms with Crippen LogP contribution < -0.4 is 5.32 Å². The lowest BCUT2D eigenvalue weighted by Crippen LogP contribution is -2.33. The molecule has 0 radical (unpaired) electrons. The highest BCUT2D eigenvalue weighted by atomic mass is 32.2. The Bertz CT molecular complexity index is 356. The number of benzene rings is 1. The molecule has 1 aromatic carbocycles. The van der Waals surface area contributed by atoms with E-state index in [-0.39, 0.29) is 0 Å². The van der Waals surface area contributed by atoms with Gasteiger partial charge in [-0.3, -0.25) is 0 Å². The monoisotopic (exact) mass is 251 g/mol. The molecule has 94 valence electrons. The summed E-state index contributed by atoms with van der Waals surface area (Å²) in [6.45, 7) is 3.00. The molecule has 0 aliphatic carbocycles. The van der Waals surface area contributed by atoms with E-state index in [0.29, 0.717) is 17.9 Å². The second-order valence-corrected chi connectivity index (χ2v) is 6.04. The first-order valence-corrected chi connectivity index (χ1v) is 7.31. The van der Waals surface area contributed by atoms with Gasteiger partial charge in [0.2, 0.25) is 0 Å². The number of anilines is 1. The summed E-state index contributed by atoms with van der Waals surface area (Å²) >= 11 is 2.07. The van der Waals surface area contributed by atoms with Crippen LogP contribution in [-0.4, -0.2) is 24.2 Å². The van der Waals surface area contributed by atoms with Crippen LogP contribution in [0.5, 0.6) is 0 Å². The van der Waals surface area contributed by atoms with Gasteiger partial charge >= 0.3 is 0 Å². The van der Waals surface area contributed by atoms with Gasteiger partial charge in [-0.2, -0.15) is 11.8 Å². The molecule has 0 bridgehead atoms. The van der Waals surface area contributed by atoms with E-state index < -0.39 is 0 Å². The fourth-order valence-corrected chi connectivity index (χ4v) is 3.40. The van der Waals surface area contributed by atoms with Crippen LogP contribution in [0.4, 0.5) is 5.69 Å². The zero-order chi connectivity index (χ0) is 12.1. The average Bonchev–Trinajstić information content (AvgIpc) is 2.35. The van der Waals surface area contributed by atoms with Crippen molar-refractivity contribution in [1.82, 2.24) is 0 Å². The van der Waals surface area contributed by atoms with Gasteiger partial charge in [0.25, 0.3) is 0 Å². The zero-order valence-electron chi connectivity index (χ0n) is 10.6. The van der Waals surface area contributed by atoms with Crippen molar-refractivity contribution in [2.75, 3.05) is 18.2 Å². The summed E-state index contributed by atoms with van der Waals surface area (Å²) < 4.78 is 5.24. The summed E-state index contributed by atoms with van der Waals surface area (Å²) in [4.78, 5) is 0. The molecule has 1 fully saturated rings. The van der Waals surface area contributed by atoms with Gasteiger partial charge in [0, 0.05) is 29.7 Å². The molecule has 0 amide bonds. The van der Waals surface area contributed by atoms with E-state index in [2.05, 4.69) is 48.3 Å². The number of hydrogen-bond donors (Lipinski definition) is 1. The summed E-state index contributed by atoms with van der Waals surface area (Å²) in [6, 6.07) is 9.03. The second-order valence-electron chi connectivity index (χ2n) is 4.56. The lowest BCUT2D eigenvalue weighted by atomic mass is 10.1. The zero-order valence-corrected chi connectivity index (χ0v) is 11.4. The van der Waals surface area contributed by atoms with E-state index >= 15 is 0 Å². The van der Waals surface area contributed by atoms with Crippen molar-refractivity contribution in [3.63, 3.8) is 0 Å². The number of thioether (sulfide) groups is 1. The first-order chi connectivity index (χ1) is 8.31. The quantitative estimate of drug-likeness (QED) is 0.884. The van der Waals surface area contributed by atoms with Crippen molar-refractivity contribution in [1.29, 1.82) is 0 Å². The third-order valence-electron chi connectivity index (χ3n) is 3.26. The third-order valence-corrected chi connectivity index (χ3v) is 4.64. The lowest BCUT2D eigenvalue weighted by Gasteiger charge is -2.30. The van der Waals surface area contributed by atoms with Crippen LogP contribution in [0.3, 0.4) is 0 Å². The number of nitrogens with one attached hydrogen (secondary N) is 1. The maximum absolute atomic E-state index is 5.24. The van der Waals surface area contributed by atoms with Crippen molar-refractivity contribution >= 4 is 17.4 Å². The number of rotatable bonds is 4. The summed E-state index contributed by atoms with van der Waals surface area (Å²) in [5.41, 5.74) is 2.48. The fraction of sp³-hybridized carbons (Fsp3) is 0.571. The number of hydrogen-bond acceptors (Lipinski definition) is 3. The Labute approximate surface area is 108 Å². The lowest BCUT2D eigenvalue weighted by molar-refractivity contribution is 0.185. The molecule has 2 nitrogen and oxygen atoms in total. The van der Waals surface area contributed by atoms with Crippen LogP contribution in [0.2, 0.25) is 0 Å². The Hall–Kier alpha value is -0.670. The molecule has 2 rings (SSSR count). The minimum absolute atomic E-state index is 0.590. The van der Waals surface area contributed by atoms with E-state index in [4.69, 9.17) is 4.74 Å². The molecular formula is C14H21NOS. The maximum Gasteiger partial charge on any atom is 0.0733 e. The van der Waals surface area contributed by atoms with E-state index in [1.807, 2.05) is 0 Å². The maximum atomic E-state index is 5.24. The van der Waals surface area contributed by atoms with Gasteiger partial charge in [-0.25, -0.2) is 0 Å². The standard InChI is InChI=1S/C14H21NOS/c1-11-13(8-5-9-17-11)15-14-7-4-3-6-12(14)10-16-2/h3-4,6-7,11,13,15H,5,8-10H2,1-2H3. The fourth-order valence-electron chi connectivity index (χ4n) is 2.26. The highest BCUT2D eigenvalue weighted by Crippen LogP contribution is 2.28. The second kappa shape index (κ2) is 6.31. The Morgan fingerprint density at radius 3 is 3.00 bits per heavy atom. The summed E-state index contributed by atoms with van der Waals surface area (Å²) in [5, 5.41) is 4.38. The molecule has 1 aromatic rings.